The lowest BCUT2D eigenvalue weighted by Gasteiger charge is -2.08. The van der Waals surface area contributed by atoms with Crippen LogP contribution in [0.5, 0.6) is 0 Å². The number of nitrogens with two attached hydrogens (primary N) is 1. The molecule has 0 saturated heterocycles. The summed E-state index contributed by atoms with van der Waals surface area (Å²) in [5, 5.41) is 0. The summed E-state index contributed by atoms with van der Waals surface area (Å²) in [5.74, 6) is 5.97. The van der Waals surface area contributed by atoms with Crippen molar-refractivity contribution in [2.45, 2.75) is 24.5 Å². The van der Waals surface area contributed by atoms with Gasteiger partial charge in [-0.05, 0) is 43.2 Å². The van der Waals surface area contributed by atoms with Crippen LogP contribution in [0.4, 0.5) is 4.39 Å². The first kappa shape index (κ1) is 15.6. The number of hydrogen-bond acceptors (Lipinski definition) is 2. The largest absolute Gasteiger partial charge is 0.320 e. The van der Waals surface area contributed by atoms with Crippen LogP contribution in [-0.4, -0.2) is 6.54 Å². The van der Waals surface area contributed by atoms with Crippen LogP contribution in [0.1, 0.15) is 22.3 Å². The van der Waals surface area contributed by atoms with Gasteiger partial charge in [-0.3, -0.25) is 0 Å². The molecular formula is C18H18FNS. The molecule has 0 amide bonds. The molecular weight excluding hydrogens is 281 g/mol. The van der Waals surface area contributed by atoms with E-state index in [4.69, 9.17) is 5.73 Å². The predicted molar refractivity (Wildman–Crippen MR) is 87.8 cm³/mol. The predicted octanol–water partition coefficient (Wildman–Crippen LogP) is 4.05. The summed E-state index contributed by atoms with van der Waals surface area (Å²) in [7, 11) is 0. The molecule has 0 heterocycles. The van der Waals surface area contributed by atoms with Crippen LogP contribution in [0.2, 0.25) is 0 Å². The second kappa shape index (κ2) is 7.31. The van der Waals surface area contributed by atoms with Crippen LogP contribution in [0.15, 0.2) is 41.3 Å². The monoisotopic (exact) mass is 299 g/mol. The second-order valence-electron chi connectivity index (χ2n) is 4.87. The zero-order chi connectivity index (χ0) is 15.2. The van der Waals surface area contributed by atoms with Gasteiger partial charge in [0.25, 0.3) is 0 Å². The number of aryl methyl sites for hydroxylation is 2. The number of halogens is 1. The molecule has 0 radical (unpaired) electrons. The van der Waals surface area contributed by atoms with Crippen molar-refractivity contribution in [1.29, 1.82) is 0 Å². The van der Waals surface area contributed by atoms with E-state index in [2.05, 4.69) is 43.9 Å². The highest BCUT2D eigenvalue weighted by Crippen LogP contribution is 2.28. The van der Waals surface area contributed by atoms with Crippen LogP contribution in [-0.2, 0) is 5.75 Å². The van der Waals surface area contributed by atoms with Gasteiger partial charge in [-0.15, -0.1) is 11.8 Å². The van der Waals surface area contributed by atoms with E-state index in [1.807, 2.05) is 6.07 Å². The Morgan fingerprint density at radius 1 is 1.14 bits per heavy atom. The van der Waals surface area contributed by atoms with Crippen molar-refractivity contribution < 1.29 is 4.39 Å². The third-order valence-electron chi connectivity index (χ3n) is 3.11. The van der Waals surface area contributed by atoms with Gasteiger partial charge in [-0.2, -0.15) is 0 Å². The molecule has 2 N–H and O–H groups in total. The fourth-order valence-corrected chi connectivity index (χ4v) is 3.02. The number of rotatable bonds is 3. The minimum Gasteiger partial charge on any atom is -0.320 e. The highest BCUT2D eigenvalue weighted by atomic mass is 32.2. The summed E-state index contributed by atoms with van der Waals surface area (Å²) >= 11 is 1.66. The maximum Gasteiger partial charge on any atom is 0.128 e. The molecule has 21 heavy (non-hydrogen) atoms. The van der Waals surface area contributed by atoms with E-state index in [9.17, 15) is 4.39 Å². The lowest BCUT2D eigenvalue weighted by Crippen LogP contribution is -1.94. The minimum absolute atomic E-state index is 0.211. The zero-order valence-electron chi connectivity index (χ0n) is 12.2. The van der Waals surface area contributed by atoms with E-state index in [1.165, 1.54) is 22.1 Å². The van der Waals surface area contributed by atoms with Gasteiger partial charge in [-0.1, -0.05) is 35.6 Å². The molecule has 0 saturated carbocycles. The molecule has 0 aliphatic heterocycles. The Hall–Kier alpha value is -1.76. The van der Waals surface area contributed by atoms with Crippen molar-refractivity contribution in [3.05, 3.63) is 64.5 Å². The van der Waals surface area contributed by atoms with Gasteiger partial charge in [0.15, 0.2) is 0 Å². The normalized spacial score (nSPS) is 10.1. The number of thioether (sulfide) groups is 1. The second-order valence-corrected chi connectivity index (χ2v) is 5.89. The molecule has 0 aliphatic rings. The van der Waals surface area contributed by atoms with Gasteiger partial charge in [0, 0.05) is 16.2 Å². The SMILES string of the molecule is Cc1ccc(C)c(SCc2ccc(C#CCN)cc2F)c1. The zero-order valence-corrected chi connectivity index (χ0v) is 13.1. The molecule has 0 bridgehead atoms. The topological polar surface area (TPSA) is 26.0 Å². The third-order valence-corrected chi connectivity index (χ3v) is 4.32. The van der Waals surface area contributed by atoms with Crippen molar-refractivity contribution in [1.82, 2.24) is 0 Å². The van der Waals surface area contributed by atoms with Crippen molar-refractivity contribution in [2.75, 3.05) is 6.54 Å². The summed E-state index contributed by atoms with van der Waals surface area (Å²) < 4.78 is 14.0. The lowest BCUT2D eigenvalue weighted by molar-refractivity contribution is 0.617. The van der Waals surface area contributed by atoms with Gasteiger partial charge in [0.1, 0.15) is 5.82 Å². The van der Waals surface area contributed by atoms with Crippen molar-refractivity contribution in [2.24, 2.45) is 5.73 Å². The molecule has 108 valence electrons. The Bertz CT molecular complexity index is 698. The molecule has 0 unspecified atom stereocenters. The van der Waals surface area contributed by atoms with Crippen LogP contribution in [0.25, 0.3) is 0 Å². The summed E-state index contributed by atoms with van der Waals surface area (Å²) in [5.41, 5.74) is 9.11. The molecule has 2 rings (SSSR count). The Kier molecular flexibility index (Phi) is 5.44. The Morgan fingerprint density at radius 3 is 2.67 bits per heavy atom. The molecule has 2 aromatic carbocycles. The maximum atomic E-state index is 14.0. The molecule has 1 nitrogen and oxygen atoms in total. The maximum absolute atomic E-state index is 14.0. The van der Waals surface area contributed by atoms with E-state index in [-0.39, 0.29) is 12.4 Å². The van der Waals surface area contributed by atoms with Crippen LogP contribution >= 0.6 is 11.8 Å². The van der Waals surface area contributed by atoms with Crippen LogP contribution in [0, 0.1) is 31.5 Å². The number of hydrogen-bond donors (Lipinski definition) is 1. The fraction of sp³-hybridized carbons (Fsp3) is 0.222. The third kappa shape index (κ3) is 4.35. The highest BCUT2D eigenvalue weighted by molar-refractivity contribution is 7.98. The average molecular weight is 299 g/mol. The quantitative estimate of drug-likeness (QED) is 0.683. The fourth-order valence-electron chi connectivity index (χ4n) is 1.91. The highest BCUT2D eigenvalue weighted by Gasteiger charge is 2.05. The standard InChI is InChI=1S/C18H18FNS/c1-13-5-6-14(2)18(10-13)21-12-16-8-7-15(4-3-9-20)11-17(16)19/h5-8,10-11H,9,12,20H2,1-2H3. The minimum atomic E-state index is -0.211. The first-order chi connectivity index (χ1) is 10.1. The number of benzene rings is 2. The van der Waals surface area contributed by atoms with Crippen molar-refractivity contribution >= 4 is 11.8 Å². The smallest absolute Gasteiger partial charge is 0.128 e. The van der Waals surface area contributed by atoms with Gasteiger partial charge in [0.05, 0.1) is 6.54 Å². The van der Waals surface area contributed by atoms with E-state index in [0.717, 1.165) is 0 Å². The van der Waals surface area contributed by atoms with Gasteiger partial charge in [-0.25, -0.2) is 4.39 Å². The summed E-state index contributed by atoms with van der Waals surface area (Å²) in [6.45, 7) is 4.42. The molecule has 0 spiro atoms. The first-order valence-corrected chi connectivity index (χ1v) is 7.76. The first-order valence-electron chi connectivity index (χ1n) is 6.77. The average Bonchev–Trinajstić information content (AvgIpc) is 2.47. The molecule has 0 aliphatic carbocycles. The Morgan fingerprint density at radius 2 is 1.95 bits per heavy atom. The lowest BCUT2D eigenvalue weighted by atomic mass is 10.1. The van der Waals surface area contributed by atoms with Crippen LogP contribution in [0.3, 0.4) is 0 Å². The van der Waals surface area contributed by atoms with Crippen LogP contribution < -0.4 is 5.73 Å². The van der Waals surface area contributed by atoms with Gasteiger partial charge >= 0.3 is 0 Å². The van der Waals surface area contributed by atoms with Gasteiger partial charge in [0.2, 0.25) is 0 Å². The van der Waals surface area contributed by atoms with E-state index in [1.54, 1.807) is 17.8 Å². The molecule has 3 heteroatoms. The van der Waals surface area contributed by atoms with Crippen molar-refractivity contribution in [3.63, 3.8) is 0 Å². The van der Waals surface area contributed by atoms with Gasteiger partial charge < -0.3 is 5.73 Å². The summed E-state index contributed by atoms with van der Waals surface area (Å²) in [6, 6.07) is 11.4. The Labute approximate surface area is 129 Å². The van der Waals surface area contributed by atoms with E-state index >= 15 is 0 Å². The Balaban J connectivity index is 2.11. The molecule has 2 aromatic rings. The van der Waals surface area contributed by atoms with E-state index < -0.39 is 0 Å². The summed E-state index contributed by atoms with van der Waals surface area (Å²) in [4.78, 5) is 1.20. The summed E-state index contributed by atoms with van der Waals surface area (Å²) in [6.07, 6.45) is 0. The molecule has 0 aromatic heterocycles. The molecule has 0 atom stereocenters. The van der Waals surface area contributed by atoms with E-state index in [0.29, 0.717) is 16.9 Å². The molecule has 0 fully saturated rings. The van der Waals surface area contributed by atoms with Crippen molar-refractivity contribution in [3.8, 4) is 11.8 Å².